The number of aliphatic carboxylic acids is 2. The summed E-state index contributed by atoms with van der Waals surface area (Å²) >= 11 is 0. The molecule has 0 rings (SSSR count). The van der Waals surface area contributed by atoms with E-state index in [2.05, 4.69) is 13.2 Å². The molecule has 0 saturated heterocycles. The highest BCUT2D eigenvalue weighted by atomic mass is 16.4. The molecular weight excluding hydrogens is 244 g/mol. The van der Waals surface area contributed by atoms with Gasteiger partial charge in [-0.15, -0.1) is 0 Å². The summed E-state index contributed by atoms with van der Waals surface area (Å²) < 4.78 is 0. The molecule has 0 heterocycles. The lowest BCUT2D eigenvalue weighted by Crippen LogP contribution is -2.02. The van der Waals surface area contributed by atoms with Crippen LogP contribution in [-0.2, 0) is 9.59 Å². The monoisotopic (exact) mass is 266 g/mol. The van der Waals surface area contributed by atoms with E-state index >= 15 is 0 Å². The van der Waals surface area contributed by atoms with E-state index in [1.807, 2.05) is 0 Å². The van der Waals surface area contributed by atoms with Gasteiger partial charge in [-0.05, 0) is 0 Å². The quantitative estimate of drug-likeness (QED) is 0.330. The average Bonchev–Trinajstić information content (AvgIpc) is 2.39. The zero-order chi connectivity index (χ0) is 15.4. The summed E-state index contributed by atoms with van der Waals surface area (Å²) in [6.07, 6.45) is 1.67. The molecule has 8 nitrogen and oxygen atoms in total. The third kappa shape index (κ3) is 138. The summed E-state index contributed by atoms with van der Waals surface area (Å²) in [7, 11) is 0. The molecular formula is C10H22N2O6. The highest BCUT2D eigenvalue weighted by molar-refractivity contribution is 5.79. The van der Waals surface area contributed by atoms with Crippen molar-refractivity contribution in [1.82, 2.24) is 0 Å². The summed E-state index contributed by atoms with van der Waals surface area (Å²) in [5.74, 6) is -1.96. The van der Waals surface area contributed by atoms with Crippen LogP contribution in [0.5, 0.6) is 0 Å². The largest absolute Gasteiger partial charge is 0.478 e. The van der Waals surface area contributed by atoms with Gasteiger partial charge >= 0.3 is 11.9 Å². The molecule has 0 aromatic heterocycles. The minimum Gasteiger partial charge on any atom is -0.478 e. The molecule has 8 N–H and O–H groups in total. The standard InChI is InChI=1S/2C3H4O2.2C2H7NO/c2*1-2-3(4)5;2*3-1-2-4/h2*2H,1H2,(H,4,5);2*4H,1-3H2. The first-order chi connectivity index (χ1) is 8.37. The third-order valence-corrected chi connectivity index (χ3v) is 0.607. The molecule has 0 aliphatic carbocycles. The van der Waals surface area contributed by atoms with Gasteiger partial charge in [0, 0.05) is 25.2 Å². The van der Waals surface area contributed by atoms with Gasteiger partial charge in [-0.2, -0.15) is 0 Å². The van der Waals surface area contributed by atoms with E-state index in [0.29, 0.717) is 13.1 Å². The molecule has 0 aromatic rings. The van der Waals surface area contributed by atoms with Crippen molar-refractivity contribution in [2.24, 2.45) is 11.5 Å². The Bertz CT molecular complexity index is 183. The van der Waals surface area contributed by atoms with Crippen LogP contribution in [0.1, 0.15) is 0 Å². The fourth-order valence-corrected chi connectivity index (χ4v) is 0. The van der Waals surface area contributed by atoms with E-state index in [0.717, 1.165) is 12.2 Å². The predicted molar refractivity (Wildman–Crippen MR) is 67.9 cm³/mol. The number of rotatable bonds is 4. The van der Waals surface area contributed by atoms with Gasteiger partial charge < -0.3 is 31.9 Å². The number of carboxylic acids is 2. The van der Waals surface area contributed by atoms with Crippen molar-refractivity contribution in [3.8, 4) is 0 Å². The normalized spacial score (nSPS) is 6.89. The summed E-state index contributed by atoms with van der Waals surface area (Å²) in [6.45, 7) is 6.87. The summed E-state index contributed by atoms with van der Waals surface area (Å²) in [6, 6.07) is 0. The second kappa shape index (κ2) is 29.5. The van der Waals surface area contributed by atoms with E-state index in [4.69, 9.17) is 31.9 Å². The molecule has 0 radical (unpaired) electrons. The topological polar surface area (TPSA) is 167 Å². The first-order valence-electron chi connectivity index (χ1n) is 4.70. The van der Waals surface area contributed by atoms with Crippen molar-refractivity contribution in [3.05, 3.63) is 25.3 Å². The molecule has 0 aliphatic heterocycles. The van der Waals surface area contributed by atoms with Crippen molar-refractivity contribution >= 4 is 11.9 Å². The number of aliphatic hydroxyl groups excluding tert-OH is 2. The Morgan fingerprint density at radius 1 is 0.889 bits per heavy atom. The van der Waals surface area contributed by atoms with Crippen LogP contribution >= 0.6 is 0 Å². The highest BCUT2D eigenvalue weighted by Crippen LogP contribution is 1.55. The first-order valence-corrected chi connectivity index (χ1v) is 4.70. The molecule has 0 unspecified atom stereocenters. The smallest absolute Gasteiger partial charge is 0.327 e. The SMILES string of the molecule is C=CC(=O)O.C=CC(=O)O.NCCO.NCCO. The second-order valence-corrected chi connectivity index (χ2v) is 2.11. The van der Waals surface area contributed by atoms with E-state index in [-0.39, 0.29) is 13.2 Å². The van der Waals surface area contributed by atoms with Gasteiger partial charge in [0.2, 0.25) is 0 Å². The van der Waals surface area contributed by atoms with Crippen LogP contribution in [0.15, 0.2) is 25.3 Å². The predicted octanol–water partition coefficient (Wildman–Crippen LogP) is -1.61. The minimum absolute atomic E-state index is 0.0972. The minimum atomic E-state index is -0.981. The Balaban J connectivity index is -0.0000000731. The number of aliphatic hydroxyl groups is 2. The van der Waals surface area contributed by atoms with Gasteiger partial charge in [0.25, 0.3) is 0 Å². The van der Waals surface area contributed by atoms with E-state index in [1.165, 1.54) is 0 Å². The molecule has 0 aromatic carbocycles. The van der Waals surface area contributed by atoms with Gasteiger partial charge in [0.1, 0.15) is 0 Å². The Morgan fingerprint density at radius 2 is 1.00 bits per heavy atom. The molecule has 8 heteroatoms. The number of hydrogen-bond donors (Lipinski definition) is 6. The molecule has 0 spiro atoms. The summed E-state index contributed by atoms with van der Waals surface area (Å²) in [5, 5.41) is 30.7. The maximum atomic E-state index is 9.25. The van der Waals surface area contributed by atoms with Crippen LogP contribution in [-0.4, -0.2) is 58.7 Å². The van der Waals surface area contributed by atoms with E-state index < -0.39 is 11.9 Å². The Hall–Kier alpha value is -1.74. The number of carbonyl (C=O) groups is 2. The molecule has 0 aliphatic rings. The number of hydrogen-bond acceptors (Lipinski definition) is 6. The zero-order valence-corrected chi connectivity index (χ0v) is 10.2. The molecule has 18 heavy (non-hydrogen) atoms. The number of carboxylic acid groups (broad SMARTS) is 2. The van der Waals surface area contributed by atoms with Gasteiger partial charge in [0.15, 0.2) is 0 Å². The lowest BCUT2D eigenvalue weighted by Gasteiger charge is -1.71. The van der Waals surface area contributed by atoms with Gasteiger partial charge in [-0.25, -0.2) is 9.59 Å². The van der Waals surface area contributed by atoms with Crippen LogP contribution in [0, 0.1) is 0 Å². The molecule has 108 valence electrons. The van der Waals surface area contributed by atoms with E-state index in [9.17, 15) is 9.59 Å². The maximum absolute atomic E-state index is 9.25. The number of nitrogens with two attached hydrogens (primary N) is 2. The molecule has 0 saturated carbocycles. The van der Waals surface area contributed by atoms with Crippen LogP contribution in [0.4, 0.5) is 0 Å². The van der Waals surface area contributed by atoms with Gasteiger partial charge in [0.05, 0.1) is 13.2 Å². The zero-order valence-electron chi connectivity index (χ0n) is 10.2. The van der Waals surface area contributed by atoms with Crippen LogP contribution in [0.3, 0.4) is 0 Å². The second-order valence-electron chi connectivity index (χ2n) is 2.11. The third-order valence-electron chi connectivity index (χ3n) is 0.607. The average molecular weight is 266 g/mol. The molecule has 0 bridgehead atoms. The Kier molecular flexibility index (Phi) is 41.3. The van der Waals surface area contributed by atoms with Crippen molar-refractivity contribution in [3.63, 3.8) is 0 Å². The first kappa shape index (κ1) is 25.2. The lowest BCUT2D eigenvalue weighted by molar-refractivity contribution is -0.132. The van der Waals surface area contributed by atoms with Gasteiger partial charge in [-0.1, -0.05) is 13.2 Å². The molecule has 0 fully saturated rings. The Morgan fingerprint density at radius 3 is 1.00 bits per heavy atom. The van der Waals surface area contributed by atoms with Crippen LogP contribution in [0.25, 0.3) is 0 Å². The molecule has 0 atom stereocenters. The highest BCUT2D eigenvalue weighted by Gasteiger charge is 1.73. The van der Waals surface area contributed by atoms with Crippen molar-refractivity contribution in [1.29, 1.82) is 0 Å². The summed E-state index contributed by atoms with van der Waals surface area (Å²) in [4.78, 5) is 18.5. The van der Waals surface area contributed by atoms with Crippen LogP contribution in [0.2, 0.25) is 0 Å². The van der Waals surface area contributed by atoms with Crippen molar-refractivity contribution < 1.29 is 30.0 Å². The Labute approximate surface area is 106 Å². The summed E-state index contributed by atoms with van der Waals surface area (Å²) in [5.41, 5.74) is 9.56. The van der Waals surface area contributed by atoms with Gasteiger partial charge in [-0.3, -0.25) is 0 Å². The fourth-order valence-electron chi connectivity index (χ4n) is 0. The van der Waals surface area contributed by atoms with Crippen molar-refractivity contribution in [2.75, 3.05) is 26.3 Å². The van der Waals surface area contributed by atoms with Crippen molar-refractivity contribution in [2.45, 2.75) is 0 Å². The van der Waals surface area contributed by atoms with Crippen LogP contribution < -0.4 is 11.5 Å². The maximum Gasteiger partial charge on any atom is 0.327 e. The van der Waals surface area contributed by atoms with E-state index in [1.54, 1.807) is 0 Å². The lowest BCUT2D eigenvalue weighted by atomic mass is 10.7. The fraction of sp³-hybridized carbons (Fsp3) is 0.400. The molecule has 0 amide bonds.